The molecule has 0 bridgehead atoms. The molecule has 4 heterocycles. The lowest BCUT2D eigenvalue weighted by Crippen LogP contribution is -2.04. The second kappa shape index (κ2) is 10.0. The van der Waals surface area contributed by atoms with Gasteiger partial charge in [-0.25, -0.2) is 4.98 Å². The van der Waals surface area contributed by atoms with Gasteiger partial charge in [0.15, 0.2) is 0 Å². The Bertz CT molecular complexity index is 1620. The van der Waals surface area contributed by atoms with Gasteiger partial charge in [-0.15, -0.1) is 11.3 Å². The van der Waals surface area contributed by atoms with Gasteiger partial charge in [0.1, 0.15) is 11.3 Å². The molecule has 1 aromatic carbocycles. The number of nitrogens with zero attached hydrogens (tertiary/aromatic N) is 3. The highest BCUT2D eigenvalue weighted by Crippen LogP contribution is 2.35. The number of aromatic amines is 1. The summed E-state index contributed by atoms with van der Waals surface area (Å²) in [5.74, 6) is 1.05. The van der Waals surface area contributed by atoms with E-state index in [2.05, 4.69) is 95.9 Å². The maximum absolute atomic E-state index is 4.97. The topological polar surface area (TPSA) is 78.5 Å². The molecule has 37 heavy (non-hydrogen) atoms. The molecule has 4 aromatic heterocycles. The lowest BCUT2D eigenvalue weighted by atomic mass is 9.98. The number of aromatic nitrogens is 4. The number of aryl methyl sites for hydroxylation is 1. The van der Waals surface area contributed by atoms with Crippen molar-refractivity contribution in [1.29, 1.82) is 0 Å². The third-order valence-corrected chi connectivity index (χ3v) is 7.41. The first-order chi connectivity index (χ1) is 17.8. The molecule has 0 atom stereocenters. The van der Waals surface area contributed by atoms with E-state index in [1.54, 1.807) is 11.3 Å². The van der Waals surface area contributed by atoms with E-state index in [-0.39, 0.29) is 0 Å². The Morgan fingerprint density at radius 1 is 0.973 bits per heavy atom. The monoisotopic (exact) mass is 506 g/mol. The van der Waals surface area contributed by atoms with Gasteiger partial charge in [-0.05, 0) is 48.7 Å². The highest BCUT2D eigenvalue weighted by Gasteiger charge is 2.16. The summed E-state index contributed by atoms with van der Waals surface area (Å²) in [5, 5.41) is 6.66. The van der Waals surface area contributed by atoms with Crippen molar-refractivity contribution in [2.24, 2.45) is 5.92 Å². The predicted octanol–water partition coefficient (Wildman–Crippen LogP) is 7.74. The van der Waals surface area contributed by atoms with E-state index in [4.69, 9.17) is 4.98 Å². The average molecular weight is 507 g/mol. The minimum Gasteiger partial charge on any atom is -0.388 e. The van der Waals surface area contributed by atoms with Crippen LogP contribution in [0.1, 0.15) is 30.1 Å². The van der Waals surface area contributed by atoms with Gasteiger partial charge in [0, 0.05) is 62.8 Å². The highest BCUT2D eigenvalue weighted by molar-refractivity contribution is 7.15. The van der Waals surface area contributed by atoms with Crippen molar-refractivity contribution in [3.8, 4) is 21.6 Å². The maximum atomic E-state index is 4.97. The van der Waals surface area contributed by atoms with Gasteiger partial charge in [-0.3, -0.25) is 9.97 Å². The van der Waals surface area contributed by atoms with Crippen LogP contribution in [0.3, 0.4) is 0 Å². The molecule has 7 heteroatoms. The lowest BCUT2D eigenvalue weighted by molar-refractivity contribution is 0.778. The number of allylic oxidation sites excluding steroid dienone is 1. The first kappa shape index (κ1) is 24.5. The van der Waals surface area contributed by atoms with E-state index in [0.717, 1.165) is 60.8 Å². The number of fused-ring (bicyclic) bond motifs is 1. The number of hydrogen-bond donors (Lipinski definition) is 3. The van der Waals surface area contributed by atoms with Crippen molar-refractivity contribution in [3.05, 3.63) is 96.3 Å². The zero-order chi connectivity index (χ0) is 26.1. The van der Waals surface area contributed by atoms with E-state index in [0.29, 0.717) is 11.7 Å². The second-order valence-corrected chi connectivity index (χ2v) is 10.6. The molecule has 0 aliphatic heterocycles. The molecule has 0 aliphatic carbocycles. The van der Waals surface area contributed by atoms with Crippen molar-refractivity contribution in [2.45, 2.75) is 20.8 Å². The quantitative estimate of drug-likeness (QED) is 0.201. The summed E-state index contributed by atoms with van der Waals surface area (Å²) in [6.45, 7) is 14.9. The van der Waals surface area contributed by atoms with Crippen molar-refractivity contribution in [3.63, 3.8) is 0 Å². The SMILES string of the molecule is C=C(c1nc2c(-c3ccc(C)s3)cncc2[nH]1)c1cc(-c2cncc(NC(=C)C(C)C)c2)ccc1NC. The van der Waals surface area contributed by atoms with E-state index < -0.39 is 0 Å². The Hall–Kier alpha value is -4.23. The largest absolute Gasteiger partial charge is 0.388 e. The van der Waals surface area contributed by atoms with Crippen molar-refractivity contribution < 1.29 is 0 Å². The summed E-state index contributed by atoms with van der Waals surface area (Å²) in [4.78, 5) is 19.7. The van der Waals surface area contributed by atoms with Crippen LogP contribution in [-0.4, -0.2) is 27.0 Å². The average Bonchev–Trinajstić information content (AvgIpc) is 3.54. The Kier molecular flexibility index (Phi) is 6.63. The normalized spacial score (nSPS) is 11.2. The number of pyridine rings is 2. The summed E-state index contributed by atoms with van der Waals surface area (Å²) < 4.78 is 0. The molecule has 0 unspecified atom stereocenters. The molecular formula is C30H30N6S. The highest BCUT2D eigenvalue weighted by atomic mass is 32.1. The third kappa shape index (κ3) is 4.90. The van der Waals surface area contributed by atoms with Crippen LogP contribution in [0.25, 0.3) is 38.2 Å². The fourth-order valence-corrected chi connectivity index (χ4v) is 5.03. The number of hydrogen-bond acceptors (Lipinski definition) is 6. The molecule has 186 valence electrons. The Labute approximate surface area is 221 Å². The molecule has 0 fully saturated rings. The molecule has 0 aliphatic rings. The Morgan fingerprint density at radius 2 is 1.78 bits per heavy atom. The Balaban J connectivity index is 1.52. The van der Waals surface area contributed by atoms with Gasteiger partial charge in [0.05, 0.1) is 23.6 Å². The maximum Gasteiger partial charge on any atom is 0.138 e. The van der Waals surface area contributed by atoms with Crippen LogP contribution in [0.2, 0.25) is 0 Å². The lowest BCUT2D eigenvalue weighted by Gasteiger charge is -2.15. The van der Waals surface area contributed by atoms with Gasteiger partial charge >= 0.3 is 0 Å². The molecule has 6 nitrogen and oxygen atoms in total. The van der Waals surface area contributed by atoms with E-state index in [9.17, 15) is 0 Å². The molecule has 0 saturated carbocycles. The van der Waals surface area contributed by atoms with Crippen LogP contribution in [0.5, 0.6) is 0 Å². The molecule has 5 aromatic rings. The van der Waals surface area contributed by atoms with Crippen molar-refractivity contribution in [1.82, 2.24) is 19.9 Å². The zero-order valence-electron chi connectivity index (χ0n) is 21.5. The molecular weight excluding hydrogens is 476 g/mol. The first-order valence-electron chi connectivity index (χ1n) is 12.2. The van der Waals surface area contributed by atoms with E-state index in [1.165, 1.54) is 4.88 Å². The van der Waals surface area contributed by atoms with Crippen LogP contribution in [0.15, 0.2) is 80.0 Å². The van der Waals surface area contributed by atoms with E-state index in [1.807, 2.05) is 31.8 Å². The number of imidazole rings is 1. The summed E-state index contributed by atoms with van der Waals surface area (Å²) in [5.41, 5.74) is 9.43. The fourth-order valence-electron chi connectivity index (χ4n) is 4.15. The smallest absolute Gasteiger partial charge is 0.138 e. The van der Waals surface area contributed by atoms with Gasteiger partial charge in [0.2, 0.25) is 0 Å². The van der Waals surface area contributed by atoms with Crippen LogP contribution < -0.4 is 10.6 Å². The summed E-state index contributed by atoms with van der Waals surface area (Å²) in [6.07, 6.45) is 7.37. The summed E-state index contributed by atoms with van der Waals surface area (Å²) in [6, 6.07) is 12.6. The van der Waals surface area contributed by atoms with Gasteiger partial charge in [-0.2, -0.15) is 0 Å². The van der Waals surface area contributed by atoms with Gasteiger partial charge in [-0.1, -0.05) is 33.1 Å². The minimum absolute atomic E-state index is 0.330. The van der Waals surface area contributed by atoms with Crippen molar-refractivity contribution in [2.75, 3.05) is 17.7 Å². The van der Waals surface area contributed by atoms with Crippen LogP contribution in [0.4, 0.5) is 11.4 Å². The fraction of sp³-hybridized carbons (Fsp3) is 0.167. The molecule has 5 rings (SSSR count). The van der Waals surface area contributed by atoms with Crippen LogP contribution >= 0.6 is 11.3 Å². The number of rotatable bonds is 8. The number of nitrogens with one attached hydrogen (secondary N) is 3. The number of benzene rings is 1. The summed E-state index contributed by atoms with van der Waals surface area (Å²) in [7, 11) is 1.91. The predicted molar refractivity (Wildman–Crippen MR) is 157 cm³/mol. The second-order valence-electron chi connectivity index (χ2n) is 9.34. The first-order valence-corrected chi connectivity index (χ1v) is 13.0. The number of thiophene rings is 1. The number of anilines is 2. The number of H-pyrrole nitrogens is 1. The Morgan fingerprint density at radius 3 is 2.51 bits per heavy atom. The van der Waals surface area contributed by atoms with Crippen LogP contribution in [0, 0.1) is 12.8 Å². The van der Waals surface area contributed by atoms with E-state index >= 15 is 0 Å². The summed E-state index contributed by atoms with van der Waals surface area (Å²) >= 11 is 1.74. The zero-order valence-corrected chi connectivity index (χ0v) is 22.3. The molecule has 0 saturated heterocycles. The molecule has 0 radical (unpaired) electrons. The molecule has 3 N–H and O–H groups in total. The van der Waals surface area contributed by atoms with Crippen LogP contribution in [-0.2, 0) is 0 Å². The van der Waals surface area contributed by atoms with Gasteiger partial charge < -0.3 is 15.6 Å². The molecule has 0 spiro atoms. The third-order valence-electron chi connectivity index (χ3n) is 6.37. The molecule has 0 amide bonds. The van der Waals surface area contributed by atoms with Gasteiger partial charge in [0.25, 0.3) is 0 Å². The van der Waals surface area contributed by atoms with Crippen molar-refractivity contribution >= 4 is 39.3 Å². The minimum atomic E-state index is 0.330. The standard InChI is InChI=1S/C30H30N6S/c1-17(2)20(5)34-23-11-22(13-32-14-23)21-8-9-26(31-6)24(12-21)19(4)30-35-27-16-33-15-25(29(27)36-30)28-10-7-18(3)37-28/h7-17,31,34H,4-5H2,1-3,6H3,(H,35,36).